The molecule has 1 N–H and O–H groups in total. The molecule has 0 amide bonds. The van der Waals surface area contributed by atoms with Gasteiger partial charge in [-0.05, 0) is 27.9 Å². The molecule has 3 nitrogen and oxygen atoms in total. The molecule has 0 aromatic heterocycles. The summed E-state index contributed by atoms with van der Waals surface area (Å²) in [6, 6.07) is 7.74. The Kier molecular flexibility index (Phi) is 4.47. The largest absolute Gasteiger partial charge is 0.362 e. The van der Waals surface area contributed by atoms with Gasteiger partial charge in [-0.15, -0.1) is 0 Å². The SMILES string of the molecule is Cc1cccc(C(C)(O)OCCN(C)C)c1. The topological polar surface area (TPSA) is 32.7 Å². The third-order valence-electron chi connectivity index (χ3n) is 2.48. The highest BCUT2D eigenvalue weighted by molar-refractivity contribution is 5.25. The van der Waals surface area contributed by atoms with Gasteiger partial charge in [0.25, 0.3) is 0 Å². The van der Waals surface area contributed by atoms with Crippen molar-refractivity contribution in [2.24, 2.45) is 0 Å². The van der Waals surface area contributed by atoms with Gasteiger partial charge in [-0.1, -0.05) is 29.8 Å². The molecule has 0 saturated carbocycles. The molecule has 0 aliphatic carbocycles. The van der Waals surface area contributed by atoms with E-state index in [4.69, 9.17) is 4.74 Å². The first-order valence-corrected chi connectivity index (χ1v) is 5.50. The summed E-state index contributed by atoms with van der Waals surface area (Å²) in [7, 11) is 3.95. The van der Waals surface area contributed by atoms with Gasteiger partial charge >= 0.3 is 0 Å². The maximum atomic E-state index is 10.2. The number of nitrogens with zero attached hydrogens (tertiary/aromatic N) is 1. The van der Waals surface area contributed by atoms with Crippen LogP contribution in [0, 0.1) is 6.92 Å². The van der Waals surface area contributed by atoms with Crippen molar-refractivity contribution in [2.45, 2.75) is 19.6 Å². The molecule has 1 aromatic carbocycles. The Balaban J connectivity index is 2.62. The fourth-order valence-corrected chi connectivity index (χ4v) is 1.44. The average Bonchev–Trinajstić information content (AvgIpc) is 2.16. The van der Waals surface area contributed by atoms with E-state index in [1.165, 1.54) is 0 Å². The van der Waals surface area contributed by atoms with Crippen molar-refractivity contribution in [3.63, 3.8) is 0 Å². The summed E-state index contributed by atoms with van der Waals surface area (Å²) in [5.41, 5.74) is 1.92. The minimum Gasteiger partial charge on any atom is -0.362 e. The Bertz CT molecular complexity index is 334. The van der Waals surface area contributed by atoms with Gasteiger partial charge < -0.3 is 14.7 Å². The van der Waals surface area contributed by atoms with Gasteiger partial charge in [-0.2, -0.15) is 0 Å². The van der Waals surface area contributed by atoms with Crippen LogP contribution in [-0.4, -0.2) is 37.3 Å². The molecule has 1 aromatic rings. The number of ether oxygens (including phenoxy) is 1. The molecule has 0 radical (unpaired) electrons. The van der Waals surface area contributed by atoms with Crippen molar-refractivity contribution in [3.05, 3.63) is 35.4 Å². The molecule has 1 rings (SSSR count). The first-order chi connectivity index (χ1) is 7.42. The van der Waals surface area contributed by atoms with Crippen molar-refractivity contribution in [1.82, 2.24) is 4.90 Å². The van der Waals surface area contributed by atoms with E-state index in [0.717, 1.165) is 17.7 Å². The lowest BCUT2D eigenvalue weighted by molar-refractivity contribution is -0.199. The maximum Gasteiger partial charge on any atom is 0.189 e. The normalized spacial score (nSPS) is 15.1. The lowest BCUT2D eigenvalue weighted by Gasteiger charge is -2.25. The molecule has 0 aliphatic rings. The fourth-order valence-electron chi connectivity index (χ4n) is 1.44. The van der Waals surface area contributed by atoms with E-state index in [9.17, 15) is 5.11 Å². The third-order valence-corrected chi connectivity index (χ3v) is 2.48. The minimum atomic E-state index is -1.21. The van der Waals surface area contributed by atoms with Crippen molar-refractivity contribution >= 4 is 0 Å². The molecule has 16 heavy (non-hydrogen) atoms. The second-order valence-corrected chi connectivity index (χ2v) is 4.50. The molecule has 0 heterocycles. The van der Waals surface area contributed by atoms with Crippen molar-refractivity contribution in [2.75, 3.05) is 27.2 Å². The van der Waals surface area contributed by atoms with Gasteiger partial charge in [0.1, 0.15) is 0 Å². The quantitative estimate of drug-likeness (QED) is 0.772. The molecule has 1 unspecified atom stereocenters. The van der Waals surface area contributed by atoms with E-state index in [1.807, 2.05) is 50.2 Å². The van der Waals surface area contributed by atoms with E-state index >= 15 is 0 Å². The standard InChI is InChI=1S/C13H21NO2/c1-11-6-5-7-12(10-11)13(2,15)16-9-8-14(3)4/h5-7,10,15H,8-9H2,1-4H3. The number of aryl methyl sites for hydroxylation is 1. The van der Waals surface area contributed by atoms with Crippen LogP contribution in [0.25, 0.3) is 0 Å². The molecule has 0 spiro atoms. The van der Waals surface area contributed by atoms with Gasteiger partial charge in [0, 0.05) is 12.1 Å². The predicted molar refractivity (Wildman–Crippen MR) is 65.3 cm³/mol. The lowest BCUT2D eigenvalue weighted by Crippen LogP contribution is -2.29. The monoisotopic (exact) mass is 223 g/mol. The Labute approximate surface area is 97.7 Å². The van der Waals surface area contributed by atoms with Crippen LogP contribution >= 0.6 is 0 Å². The zero-order chi connectivity index (χ0) is 12.2. The van der Waals surface area contributed by atoms with Crippen LogP contribution in [0.3, 0.4) is 0 Å². The zero-order valence-electron chi connectivity index (χ0n) is 10.5. The summed E-state index contributed by atoms with van der Waals surface area (Å²) in [4.78, 5) is 2.02. The summed E-state index contributed by atoms with van der Waals surface area (Å²) in [5, 5.41) is 10.2. The number of rotatable bonds is 5. The number of aliphatic hydroxyl groups is 1. The van der Waals surface area contributed by atoms with Gasteiger partial charge in [-0.25, -0.2) is 0 Å². The van der Waals surface area contributed by atoms with Gasteiger partial charge in [-0.3, -0.25) is 0 Å². The van der Waals surface area contributed by atoms with E-state index in [2.05, 4.69) is 0 Å². The van der Waals surface area contributed by atoms with Crippen LogP contribution in [0.5, 0.6) is 0 Å². The minimum absolute atomic E-state index is 0.508. The predicted octanol–water partition coefficient (Wildman–Crippen LogP) is 1.74. The Morgan fingerprint density at radius 3 is 2.62 bits per heavy atom. The summed E-state index contributed by atoms with van der Waals surface area (Å²) >= 11 is 0. The second-order valence-electron chi connectivity index (χ2n) is 4.50. The smallest absolute Gasteiger partial charge is 0.189 e. The first kappa shape index (κ1) is 13.2. The Hall–Kier alpha value is -0.900. The highest BCUT2D eigenvalue weighted by atomic mass is 16.6. The molecule has 0 bridgehead atoms. The molecule has 0 aliphatic heterocycles. The third kappa shape index (κ3) is 3.93. The van der Waals surface area contributed by atoms with Gasteiger partial charge in [0.2, 0.25) is 0 Å². The Morgan fingerprint density at radius 1 is 1.38 bits per heavy atom. The Morgan fingerprint density at radius 2 is 2.06 bits per heavy atom. The van der Waals surface area contributed by atoms with Crippen LogP contribution in [0.4, 0.5) is 0 Å². The first-order valence-electron chi connectivity index (χ1n) is 5.50. The molecular weight excluding hydrogens is 202 g/mol. The van der Waals surface area contributed by atoms with Crippen LogP contribution in [0.15, 0.2) is 24.3 Å². The van der Waals surface area contributed by atoms with Crippen molar-refractivity contribution in [3.8, 4) is 0 Å². The lowest BCUT2D eigenvalue weighted by atomic mass is 10.1. The fraction of sp³-hybridized carbons (Fsp3) is 0.538. The van der Waals surface area contributed by atoms with Gasteiger partial charge in [0.05, 0.1) is 6.61 Å². The maximum absolute atomic E-state index is 10.2. The molecule has 3 heteroatoms. The van der Waals surface area contributed by atoms with E-state index < -0.39 is 5.79 Å². The molecule has 0 fully saturated rings. The molecular formula is C13H21NO2. The number of hydrogen-bond acceptors (Lipinski definition) is 3. The second kappa shape index (κ2) is 5.43. The zero-order valence-corrected chi connectivity index (χ0v) is 10.5. The number of likely N-dealkylation sites (N-methyl/N-ethyl adjacent to an activating group) is 1. The van der Waals surface area contributed by atoms with Crippen LogP contribution in [-0.2, 0) is 10.5 Å². The summed E-state index contributed by atoms with van der Waals surface area (Å²) in [6.45, 7) is 4.98. The van der Waals surface area contributed by atoms with Crippen molar-refractivity contribution < 1.29 is 9.84 Å². The van der Waals surface area contributed by atoms with E-state index in [-0.39, 0.29) is 0 Å². The number of benzene rings is 1. The van der Waals surface area contributed by atoms with Crippen molar-refractivity contribution in [1.29, 1.82) is 0 Å². The van der Waals surface area contributed by atoms with E-state index in [1.54, 1.807) is 6.92 Å². The summed E-state index contributed by atoms with van der Waals surface area (Å²) in [6.07, 6.45) is 0. The molecule has 0 saturated heterocycles. The van der Waals surface area contributed by atoms with Crippen LogP contribution < -0.4 is 0 Å². The van der Waals surface area contributed by atoms with Crippen LogP contribution in [0.2, 0.25) is 0 Å². The average molecular weight is 223 g/mol. The van der Waals surface area contributed by atoms with Gasteiger partial charge in [0.15, 0.2) is 5.79 Å². The number of hydrogen-bond donors (Lipinski definition) is 1. The summed E-state index contributed by atoms with van der Waals surface area (Å²) in [5.74, 6) is -1.21. The molecule has 1 atom stereocenters. The highest BCUT2D eigenvalue weighted by Crippen LogP contribution is 2.22. The summed E-state index contributed by atoms with van der Waals surface area (Å²) < 4.78 is 5.50. The molecule has 90 valence electrons. The van der Waals surface area contributed by atoms with Crippen LogP contribution in [0.1, 0.15) is 18.1 Å². The van der Waals surface area contributed by atoms with E-state index in [0.29, 0.717) is 6.61 Å². The highest BCUT2D eigenvalue weighted by Gasteiger charge is 2.23.